The van der Waals surface area contributed by atoms with Crippen molar-refractivity contribution in [2.24, 2.45) is 5.92 Å². The Labute approximate surface area is 197 Å². The van der Waals surface area contributed by atoms with E-state index in [-0.39, 0.29) is 34.7 Å². The van der Waals surface area contributed by atoms with Crippen LogP contribution in [0.15, 0.2) is 54.6 Å². The first kappa shape index (κ1) is 23.3. The van der Waals surface area contributed by atoms with Crippen LogP contribution in [-0.4, -0.2) is 52.8 Å². The fourth-order valence-corrected chi connectivity index (χ4v) is 5.41. The van der Waals surface area contributed by atoms with Crippen LogP contribution in [0.5, 0.6) is 0 Å². The predicted molar refractivity (Wildman–Crippen MR) is 126 cm³/mol. The number of benzene rings is 2. The van der Waals surface area contributed by atoms with Crippen molar-refractivity contribution in [3.8, 4) is 0 Å². The van der Waals surface area contributed by atoms with E-state index in [2.05, 4.69) is 10.6 Å². The number of nitrogens with one attached hydrogen (secondary N) is 2. The minimum atomic E-state index is -0.546. The molecule has 0 spiro atoms. The van der Waals surface area contributed by atoms with Crippen LogP contribution in [0, 0.1) is 11.7 Å². The van der Waals surface area contributed by atoms with E-state index in [1.165, 1.54) is 23.9 Å². The Morgan fingerprint density at radius 3 is 2.39 bits per heavy atom. The molecule has 4 rings (SSSR count). The molecule has 0 bridgehead atoms. The van der Waals surface area contributed by atoms with Crippen LogP contribution < -0.4 is 10.6 Å². The molecule has 0 radical (unpaired) electrons. The van der Waals surface area contributed by atoms with E-state index in [0.717, 1.165) is 11.1 Å². The van der Waals surface area contributed by atoms with Crippen molar-refractivity contribution < 1.29 is 18.8 Å². The maximum Gasteiger partial charge on any atom is 0.246 e. The van der Waals surface area contributed by atoms with Crippen molar-refractivity contribution in [3.05, 3.63) is 71.5 Å². The van der Waals surface area contributed by atoms with Crippen molar-refractivity contribution >= 4 is 29.5 Å². The normalized spacial score (nSPS) is 21.4. The van der Waals surface area contributed by atoms with Gasteiger partial charge in [-0.1, -0.05) is 42.5 Å². The van der Waals surface area contributed by atoms with Crippen LogP contribution in [-0.2, 0) is 27.3 Å². The van der Waals surface area contributed by atoms with Gasteiger partial charge in [0, 0.05) is 31.3 Å². The van der Waals surface area contributed by atoms with E-state index in [9.17, 15) is 18.8 Å². The molecular formula is C25H28FN3O3S. The number of likely N-dealkylation sites (tertiary alicyclic amines) is 1. The number of carbonyl (C=O) groups is 3. The molecular weight excluding hydrogens is 441 g/mol. The summed E-state index contributed by atoms with van der Waals surface area (Å²) in [6, 6.07) is 15.4. The third-order valence-corrected chi connectivity index (χ3v) is 7.50. The van der Waals surface area contributed by atoms with Gasteiger partial charge in [0.05, 0.1) is 5.25 Å². The molecule has 0 saturated carbocycles. The Morgan fingerprint density at radius 2 is 1.73 bits per heavy atom. The lowest BCUT2D eigenvalue weighted by Crippen LogP contribution is -2.56. The van der Waals surface area contributed by atoms with Crippen LogP contribution in [0.1, 0.15) is 24.0 Å². The molecule has 2 saturated heterocycles. The number of nitrogens with zero attached hydrogens (tertiary/aromatic N) is 1. The lowest BCUT2D eigenvalue weighted by Gasteiger charge is -2.36. The number of carbonyl (C=O) groups excluding carboxylic acids is 3. The van der Waals surface area contributed by atoms with Crippen molar-refractivity contribution in [3.63, 3.8) is 0 Å². The lowest BCUT2D eigenvalue weighted by molar-refractivity contribution is -0.138. The summed E-state index contributed by atoms with van der Waals surface area (Å²) in [7, 11) is 0. The van der Waals surface area contributed by atoms with Crippen molar-refractivity contribution in [1.29, 1.82) is 0 Å². The van der Waals surface area contributed by atoms with Gasteiger partial charge < -0.3 is 15.5 Å². The third kappa shape index (κ3) is 6.13. The van der Waals surface area contributed by atoms with E-state index in [0.29, 0.717) is 44.6 Å². The first-order valence-corrected chi connectivity index (χ1v) is 12.3. The molecule has 0 aromatic heterocycles. The zero-order valence-electron chi connectivity index (χ0n) is 18.3. The molecule has 2 aliphatic heterocycles. The standard InChI is InChI=1S/C25H28FN3O3S/c26-20-8-6-17(7-9-20)14-22-24(31)28-21(16-33-22)25(32)29-12-10-19(11-13-29)23(30)27-15-18-4-2-1-3-5-18/h1-9,19,21-22H,10-16H2,(H,27,30)(H,28,31). The monoisotopic (exact) mass is 469 g/mol. The fraction of sp³-hybridized carbons (Fsp3) is 0.400. The smallest absolute Gasteiger partial charge is 0.246 e. The average molecular weight is 470 g/mol. The summed E-state index contributed by atoms with van der Waals surface area (Å²) in [5, 5.41) is 5.56. The van der Waals surface area contributed by atoms with E-state index < -0.39 is 6.04 Å². The second-order valence-electron chi connectivity index (χ2n) is 8.52. The van der Waals surface area contributed by atoms with Crippen LogP contribution in [0.3, 0.4) is 0 Å². The van der Waals surface area contributed by atoms with Gasteiger partial charge >= 0.3 is 0 Å². The maximum absolute atomic E-state index is 13.1. The minimum absolute atomic E-state index is 0.0242. The van der Waals surface area contributed by atoms with E-state index in [1.807, 2.05) is 30.3 Å². The molecule has 3 amide bonds. The molecule has 8 heteroatoms. The molecule has 0 aliphatic carbocycles. The molecule has 2 N–H and O–H groups in total. The summed E-state index contributed by atoms with van der Waals surface area (Å²) in [5.41, 5.74) is 1.95. The summed E-state index contributed by atoms with van der Waals surface area (Å²) in [4.78, 5) is 39.8. The number of hydrogen-bond donors (Lipinski definition) is 2. The average Bonchev–Trinajstić information content (AvgIpc) is 2.85. The molecule has 6 nitrogen and oxygen atoms in total. The highest BCUT2D eigenvalue weighted by atomic mass is 32.2. The first-order chi connectivity index (χ1) is 16.0. The number of halogens is 1. The van der Waals surface area contributed by atoms with Crippen molar-refractivity contribution in [2.75, 3.05) is 18.8 Å². The Hall–Kier alpha value is -2.87. The molecule has 2 aromatic rings. The van der Waals surface area contributed by atoms with Crippen LogP contribution in [0.25, 0.3) is 0 Å². The zero-order chi connectivity index (χ0) is 23.2. The summed E-state index contributed by atoms with van der Waals surface area (Å²) < 4.78 is 13.1. The molecule has 2 unspecified atom stereocenters. The molecule has 2 aliphatic rings. The Morgan fingerprint density at radius 1 is 1.03 bits per heavy atom. The largest absolute Gasteiger partial charge is 0.352 e. The van der Waals surface area contributed by atoms with Gasteiger partial charge in [-0.05, 0) is 42.5 Å². The van der Waals surface area contributed by atoms with Gasteiger partial charge in [-0.15, -0.1) is 11.8 Å². The van der Waals surface area contributed by atoms with Gasteiger partial charge in [0.25, 0.3) is 0 Å². The highest BCUT2D eigenvalue weighted by Gasteiger charge is 2.36. The number of piperidine rings is 1. The van der Waals surface area contributed by atoms with E-state index in [4.69, 9.17) is 0 Å². The molecule has 174 valence electrons. The minimum Gasteiger partial charge on any atom is -0.352 e. The van der Waals surface area contributed by atoms with Gasteiger partial charge in [0.2, 0.25) is 17.7 Å². The molecule has 2 aromatic carbocycles. The quantitative estimate of drug-likeness (QED) is 0.682. The van der Waals surface area contributed by atoms with Gasteiger partial charge in [-0.3, -0.25) is 14.4 Å². The Balaban J connectivity index is 1.21. The van der Waals surface area contributed by atoms with E-state index in [1.54, 1.807) is 17.0 Å². The predicted octanol–water partition coefficient (Wildman–Crippen LogP) is 2.52. The van der Waals surface area contributed by atoms with Crippen LogP contribution in [0.2, 0.25) is 0 Å². The number of amides is 3. The van der Waals surface area contributed by atoms with Gasteiger partial charge in [-0.25, -0.2) is 4.39 Å². The van der Waals surface area contributed by atoms with Crippen molar-refractivity contribution in [1.82, 2.24) is 15.5 Å². The topological polar surface area (TPSA) is 78.5 Å². The van der Waals surface area contributed by atoms with Crippen LogP contribution >= 0.6 is 11.8 Å². The van der Waals surface area contributed by atoms with Crippen LogP contribution in [0.4, 0.5) is 4.39 Å². The highest BCUT2D eigenvalue weighted by Crippen LogP contribution is 2.25. The number of thioether (sulfide) groups is 1. The lowest BCUT2D eigenvalue weighted by atomic mass is 9.95. The molecule has 33 heavy (non-hydrogen) atoms. The number of rotatable bonds is 6. The molecule has 2 heterocycles. The molecule has 2 atom stereocenters. The fourth-order valence-electron chi connectivity index (χ4n) is 4.23. The van der Waals surface area contributed by atoms with E-state index >= 15 is 0 Å². The van der Waals surface area contributed by atoms with Crippen molar-refractivity contribution in [2.45, 2.75) is 37.1 Å². The Bertz CT molecular complexity index is 978. The summed E-state index contributed by atoms with van der Waals surface area (Å²) in [6.07, 6.45) is 1.74. The summed E-state index contributed by atoms with van der Waals surface area (Å²) in [5.74, 6) is -0.122. The number of hydrogen-bond acceptors (Lipinski definition) is 4. The second-order valence-corrected chi connectivity index (χ2v) is 9.75. The van der Waals surface area contributed by atoms with Gasteiger partial charge in [0.1, 0.15) is 11.9 Å². The van der Waals surface area contributed by atoms with Gasteiger partial charge in [-0.2, -0.15) is 0 Å². The second kappa shape index (κ2) is 10.8. The first-order valence-electron chi connectivity index (χ1n) is 11.3. The SMILES string of the molecule is O=C(NCc1ccccc1)C1CCN(C(=O)C2CSC(Cc3ccc(F)cc3)C(=O)N2)CC1. The third-order valence-electron chi connectivity index (χ3n) is 6.19. The molecule has 2 fully saturated rings. The zero-order valence-corrected chi connectivity index (χ0v) is 19.2. The summed E-state index contributed by atoms with van der Waals surface area (Å²) in [6.45, 7) is 1.53. The van der Waals surface area contributed by atoms with Gasteiger partial charge in [0.15, 0.2) is 0 Å². The Kier molecular flexibility index (Phi) is 7.65. The highest BCUT2D eigenvalue weighted by molar-refractivity contribution is 8.00. The summed E-state index contributed by atoms with van der Waals surface area (Å²) >= 11 is 1.46. The maximum atomic E-state index is 13.1.